The SMILES string of the molecule is Cn1cnc(-c2noc(C[C@H]3C(=O)NCCN3C3CCCC3)n2)c1. The lowest BCUT2D eigenvalue weighted by Crippen LogP contribution is -2.58. The van der Waals surface area contributed by atoms with Crippen molar-refractivity contribution in [2.75, 3.05) is 13.1 Å². The van der Waals surface area contributed by atoms with Gasteiger partial charge in [-0.15, -0.1) is 0 Å². The Kier molecular flexibility index (Phi) is 4.05. The number of piperazine rings is 1. The van der Waals surface area contributed by atoms with Crippen LogP contribution in [0.25, 0.3) is 11.5 Å². The van der Waals surface area contributed by atoms with Gasteiger partial charge < -0.3 is 14.4 Å². The molecule has 0 unspecified atom stereocenters. The van der Waals surface area contributed by atoms with Gasteiger partial charge in [0.25, 0.3) is 0 Å². The van der Waals surface area contributed by atoms with Crippen molar-refractivity contribution >= 4 is 5.91 Å². The number of carbonyl (C=O) groups excluding carboxylic acids is 1. The Balaban J connectivity index is 1.51. The number of aryl methyl sites for hydroxylation is 1. The minimum Gasteiger partial charge on any atom is -0.353 e. The summed E-state index contributed by atoms with van der Waals surface area (Å²) in [6.07, 6.45) is 8.83. The van der Waals surface area contributed by atoms with Crippen molar-refractivity contribution in [3.8, 4) is 11.5 Å². The molecule has 2 aliphatic rings. The third-order valence-electron chi connectivity index (χ3n) is 4.94. The average Bonchev–Trinajstić information content (AvgIpc) is 3.30. The summed E-state index contributed by atoms with van der Waals surface area (Å²) in [6.45, 7) is 1.61. The molecule has 2 fully saturated rings. The quantitative estimate of drug-likeness (QED) is 0.890. The maximum atomic E-state index is 12.4. The van der Waals surface area contributed by atoms with Crippen LogP contribution >= 0.6 is 0 Å². The molecule has 0 bridgehead atoms. The van der Waals surface area contributed by atoms with Crippen molar-refractivity contribution in [3.63, 3.8) is 0 Å². The highest BCUT2D eigenvalue weighted by molar-refractivity contribution is 5.82. The lowest BCUT2D eigenvalue weighted by Gasteiger charge is -2.38. The second kappa shape index (κ2) is 6.35. The number of hydrogen-bond acceptors (Lipinski definition) is 6. The standard InChI is InChI=1S/C16H22N6O2/c1-21-9-12(18-10-21)15-19-14(24-20-15)8-13-16(23)17-6-7-22(13)11-4-2-3-5-11/h9-11,13H,2-8H2,1H3,(H,17,23)/t13-/m0/s1. The minimum absolute atomic E-state index is 0.0609. The topological polar surface area (TPSA) is 89.1 Å². The first kappa shape index (κ1) is 15.3. The third kappa shape index (κ3) is 2.93. The fraction of sp³-hybridized carbons (Fsp3) is 0.625. The predicted molar refractivity (Wildman–Crippen MR) is 86.0 cm³/mol. The Labute approximate surface area is 140 Å². The van der Waals surface area contributed by atoms with E-state index in [2.05, 4.69) is 25.3 Å². The molecule has 4 rings (SSSR count). The zero-order valence-corrected chi connectivity index (χ0v) is 13.8. The maximum Gasteiger partial charge on any atom is 0.237 e. The largest absolute Gasteiger partial charge is 0.353 e. The number of nitrogens with zero attached hydrogens (tertiary/aromatic N) is 5. The molecule has 0 aromatic carbocycles. The van der Waals surface area contributed by atoms with Crippen LogP contribution in [-0.4, -0.2) is 55.7 Å². The highest BCUT2D eigenvalue weighted by Crippen LogP contribution is 2.27. The van der Waals surface area contributed by atoms with Crippen molar-refractivity contribution in [2.24, 2.45) is 7.05 Å². The van der Waals surface area contributed by atoms with Crippen LogP contribution in [0, 0.1) is 0 Å². The van der Waals surface area contributed by atoms with Gasteiger partial charge in [0, 0.05) is 32.4 Å². The van der Waals surface area contributed by atoms with E-state index in [1.165, 1.54) is 25.7 Å². The predicted octanol–water partition coefficient (Wildman–Crippen LogP) is 0.756. The fourth-order valence-corrected chi connectivity index (χ4v) is 3.75. The van der Waals surface area contributed by atoms with Gasteiger partial charge in [0.15, 0.2) is 0 Å². The number of hydrogen-bond donors (Lipinski definition) is 1. The molecule has 1 aliphatic heterocycles. The van der Waals surface area contributed by atoms with Crippen molar-refractivity contribution in [1.29, 1.82) is 0 Å². The maximum absolute atomic E-state index is 12.4. The normalized spacial score (nSPS) is 22.9. The molecule has 3 heterocycles. The Hall–Kier alpha value is -2.22. The average molecular weight is 330 g/mol. The van der Waals surface area contributed by atoms with Crippen molar-refractivity contribution in [1.82, 2.24) is 29.9 Å². The van der Waals surface area contributed by atoms with E-state index in [1.807, 2.05) is 17.8 Å². The third-order valence-corrected chi connectivity index (χ3v) is 4.94. The van der Waals surface area contributed by atoms with Crippen LogP contribution < -0.4 is 5.32 Å². The number of carbonyl (C=O) groups is 1. The monoisotopic (exact) mass is 330 g/mol. The smallest absolute Gasteiger partial charge is 0.237 e. The number of aromatic nitrogens is 4. The van der Waals surface area contributed by atoms with E-state index in [1.54, 1.807) is 6.33 Å². The molecule has 128 valence electrons. The number of amides is 1. The zero-order valence-electron chi connectivity index (χ0n) is 13.8. The van der Waals surface area contributed by atoms with Crippen LogP contribution in [0.4, 0.5) is 0 Å². The molecular weight excluding hydrogens is 308 g/mol. The van der Waals surface area contributed by atoms with Gasteiger partial charge in [0.05, 0.1) is 18.8 Å². The molecule has 8 nitrogen and oxygen atoms in total. The molecule has 1 amide bonds. The summed E-state index contributed by atoms with van der Waals surface area (Å²) in [5.41, 5.74) is 0.674. The van der Waals surface area contributed by atoms with Gasteiger partial charge in [-0.2, -0.15) is 4.98 Å². The Morgan fingerprint density at radius 1 is 1.38 bits per heavy atom. The van der Waals surface area contributed by atoms with Gasteiger partial charge in [0.1, 0.15) is 5.69 Å². The molecule has 24 heavy (non-hydrogen) atoms. The molecule has 1 aliphatic carbocycles. The van der Waals surface area contributed by atoms with Crippen LogP contribution in [0.2, 0.25) is 0 Å². The molecule has 1 N–H and O–H groups in total. The second-order valence-corrected chi connectivity index (χ2v) is 6.62. The van der Waals surface area contributed by atoms with Crippen molar-refractivity contribution in [2.45, 2.75) is 44.2 Å². The Morgan fingerprint density at radius 2 is 2.21 bits per heavy atom. The first-order valence-electron chi connectivity index (χ1n) is 8.55. The molecule has 1 saturated heterocycles. The molecule has 8 heteroatoms. The fourth-order valence-electron chi connectivity index (χ4n) is 3.75. The van der Waals surface area contributed by atoms with Crippen LogP contribution in [0.15, 0.2) is 17.0 Å². The highest BCUT2D eigenvalue weighted by Gasteiger charge is 2.36. The summed E-state index contributed by atoms with van der Waals surface area (Å²) in [7, 11) is 1.89. The molecule has 2 aromatic rings. The molecule has 2 aromatic heterocycles. The van der Waals surface area contributed by atoms with E-state index in [9.17, 15) is 4.79 Å². The van der Waals surface area contributed by atoms with Gasteiger partial charge in [-0.3, -0.25) is 9.69 Å². The van der Waals surface area contributed by atoms with Gasteiger partial charge >= 0.3 is 0 Å². The van der Waals surface area contributed by atoms with Gasteiger partial charge in [-0.1, -0.05) is 18.0 Å². The van der Waals surface area contributed by atoms with E-state index in [0.717, 1.165) is 13.1 Å². The van der Waals surface area contributed by atoms with Crippen LogP contribution in [0.1, 0.15) is 31.6 Å². The van der Waals surface area contributed by atoms with Crippen molar-refractivity contribution < 1.29 is 9.32 Å². The van der Waals surface area contributed by atoms with Gasteiger partial charge in [-0.25, -0.2) is 4.98 Å². The summed E-state index contributed by atoms with van der Waals surface area (Å²) in [5, 5.41) is 6.96. The number of imidazole rings is 1. The van der Waals surface area contributed by atoms with Crippen LogP contribution in [-0.2, 0) is 18.3 Å². The molecular formula is C16H22N6O2. The van der Waals surface area contributed by atoms with Crippen LogP contribution in [0.5, 0.6) is 0 Å². The molecule has 1 atom stereocenters. The Morgan fingerprint density at radius 3 is 2.96 bits per heavy atom. The molecule has 0 spiro atoms. The summed E-state index contributed by atoms with van der Waals surface area (Å²) in [6, 6.07) is 0.276. The van der Waals surface area contributed by atoms with Gasteiger partial charge in [0.2, 0.25) is 17.6 Å². The summed E-state index contributed by atoms with van der Waals surface area (Å²) >= 11 is 0. The van der Waals surface area contributed by atoms with E-state index in [4.69, 9.17) is 4.52 Å². The van der Waals surface area contributed by atoms with Gasteiger partial charge in [-0.05, 0) is 12.8 Å². The van der Waals surface area contributed by atoms with Crippen molar-refractivity contribution in [3.05, 3.63) is 18.4 Å². The first-order valence-corrected chi connectivity index (χ1v) is 8.55. The minimum atomic E-state index is -0.223. The lowest BCUT2D eigenvalue weighted by molar-refractivity contribution is -0.130. The Bertz CT molecular complexity index is 718. The summed E-state index contributed by atoms with van der Waals surface area (Å²) < 4.78 is 7.21. The highest BCUT2D eigenvalue weighted by atomic mass is 16.5. The van der Waals surface area contributed by atoms with E-state index in [0.29, 0.717) is 29.9 Å². The zero-order chi connectivity index (χ0) is 16.5. The van der Waals surface area contributed by atoms with Crippen LogP contribution in [0.3, 0.4) is 0 Å². The first-order chi connectivity index (χ1) is 11.7. The lowest BCUT2D eigenvalue weighted by atomic mass is 10.0. The summed E-state index contributed by atoms with van der Waals surface area (Å²) in [4.78, 5) is 23.4. The van der Waals surface area contributed by atoms with E-state index in [-0.39, 0.29) is 11.9 Å². The second-order valence-electron chi connectivity index (χ2n) is 6.62. The summed E-state index contributed by atoms with van der Waals surface area (Å²) in [5.74, 6) is 1.01. The molecule has 0 radical (unpaired) electrons. The molecule has 1 saturated carbocycles. The van der Waals surface area contributed by atoms with E-state index < -0.39 is 0 Å². The van der Waals surface area contributed by atoms with E-state index >= 15 is 0 Å². The number of nitrogens with one attached hydrogen (secondary N) is 1. The number of rotatable bonds is 4.